The topological polar surface area (TPSA) is 41.5 Å². The van der Waals surface area contributed by atoms with Crippen molar-refractivity contribution in [3.05, 3.63) is 27.8 Å². The summed E-state index contributed by atoms with van der Waals surface area (Å²) >= 11 is 5.70. The van der Waals surface area contributed by atoms with Crippen LogP contribution in [0.1, 0.15) is 6.42 Å². The van der Waals surface area contributed by atoms with Gasteiger partial charge in [-0.15, -0.1) is 0 Å². The maximum atomic E-state index is 11.7. The molecule has 2 rings (SSSR count). The summed E-state index contributed by atoms with van der Waals surface area (Å²) in [6.45, 7) is 0.918. The molecule has 0 saturated carbocycles. The van der Waals surface area contributed by atoms with Crippen molar-refractivity contribution in [1.29, 1.82) is 0 Å². The predicted octanol–water partition coefficient (Wildman–Crippen LogP) is 3.46. The van der Waals surface area contributed by atoms with Gasteiger partial charge < -0.3 is 5.32 Å². The van der Waals surface area contributed by atoms with Crippen LogP contribution in [0.2, 0.25) is 0 Å². The first kappa shape index (κ1) is 14.2. The molecule has 1 aliphatic rings. The highest BCUT2D eigenvalue weighted by molar-refractivity contribution is 14.1. The second-order valence-corrected chi connectivity index (χ2v) is 7.32. The Morgan fingerprint density at radius 1 is 1.44 bits per heavy atom. The van der Waals surface area contributed by atoms with Gasteiger partial charge in [-0.05, 0) is 46.9 Å². The molecule has 0 fully saturated rings. The van der Waals surface area contributed by atoms with Crippen LogP contribution < -0.4 is 5.32 Å². The summed E-state index contributed by atoms with van der Waals surface area (Å²) in [5.74, 6) is 1.94. The van der Waals surface area contributed by atoms with Crippen molar-refractivity contribution in [2.45, 2.75) is 6.42 Å². The van der Waals surface area contributed by atoms with E-state index in [1.165, 1.54) is 0 Å². The van der Waals surface area contributed by atoms with Crippen molar-refractivity contribution in [2.75, 3.05) is 23.4 Å². The van der Waals surface area contributed by atoms with E-state index in [1.54, 1.807) is 23.5 Å². The number of halogens is 1. The summed E-state index contributed by atoms with van der Waals surface area (Å²) in [5.41, 5.74) is 0.859. The number of carbonyl (C=O) groups excluding carboxylic acids is 1. The van der Waals surface area contributed by atoms with Crippen molar-refractivity contribution in [1.82, 2.24) is 0 Å². The molecule has 0 aromatic heterocycles. The Labute approximate surface area is 129 Å². The smallest absolute Gasteiger partial charge is 0.225 e. The Hall–Kier alpha value is -0.210. The maximum absolute atomic E-state index is 11.7. The van der Waals surface area contributed by atoms with Crippen LogP contribution in [0.15, 0.2) is 29.3 Å². The summed E-state index contributed by atoms with van der Waals surface area (Å²) < 4.78 is 2.29. The third-order valence-corrected chi connectivity index (χ3v) is 5.21. The van der Waals surface area contributed by atoms with Gasteiger partial charge in [0.25, 0.3) is 0 Å². The summed E-state index contributed by atoms with van der Waals surface area (Å²) in [4.78, 5) is 16.0. The third kappa shape index (κ3) is 4.81. The number of amides is 1. The lowest BCUT2D eigenvalue weighted by molar-refractivity contribution is -0.115. The van der Waals surface area contributed by atoms with Gasteiger partial charge in [0.2, 0.25) is 5.91 Å². The summed E-state index contributed by atoms with van der Waals surface area (Å²) in [6, 6.07) is 7.80. The lowest BCUT2D eigenvalue weighted by atomic mass is 10.3. The molecule has 0 saturated heterocycles. The van der Waals surface area contributed by atoms with Crippen LogP contribution in [-0.2, 0) is 4.79 Å². The van der Waals surface area contributed by atoms with E-state index in [0.717, 1.165) is 31.7 Å². The van der Waals surface area contributed by atoms with E-state index in [4.69, 9.17) is 0 Å². The van der Waals surface area contributed by atoms with Crippen LogP contribution >= 0.6 is 46.1 Å². The monoisotopic (exact) mass is 392 g/mol. The van der Waals surface area contributed by atoms with E-state index < -0.39 is 0 Å². The fourth-order valence-electron chi connectivity index (χ4n) is 1.39. The largest absolute Gasteiger partial charge is 0.326 e. The van der Waals surface area contributed by atoms with Crippen LogP contribution in [-0.4, -0.2) is 28.3 Å². The SMILES string of the molecule is O=C(CCSC1=NCCS1)Nc1ccc(I)cc1. The number of hydrogen-bond donors (Lipinski definition) is 1. The number of thioether (sulfide) groups is 2. The van der Waals surface area contributed by atoms with Gasteiger partial charge in [0.1, 0.15) is 4.38 Å². The molecule has 1 aliphatic heterocycles. The van der Waals surface area contributed by atoms with E-state index in [1.807, 2.05) is 24.3 Å². The molecule has 1 aromatic rings. The van der Waals surface area contributed by atoms with Crippen molar-refractivity contribution in [3.8, 4) is 0 Å². The van der Waals surface area contributed by atoms with E-state index in [0.29, 0.717) is 6.42 Å². The summed E-state index contributed by atoms with van der Waals surface area (Å²) in [5, 5.41) is 2.89. The average Bonchev–Trinajstić information content (AvgIpc) is 2.85. The molecule has 3 nitrogen and oxygen atoms in total. The van der Waals surface area contributed by atoms with Crippen molar-refractivity contribution >= 4 is 62.1 Å². The number of aliphatic imine (C=N–C) groups is 1. The first-order valence-corrected chi connectivity index (χ1v) is 8.64. The van der Waals surface area contributed by atoms with E-state index in [9.17, 15) is 4.79 Å². The fraction of sp³-hybridized carbons (Fsp3) is 0.333. The third-order valence-electron chi connectivity index (χ3n) is 2.24. The van der Waals surface area contributed by atoms with Gasteiger partial charge in [0.15, 0.2) is 0 Å². The molecule has 0 radical (unpaired) electrons. The average molecular weight is 392 g/mol. The lowest BCUT2D eigenvalue weighted by Crippen LogP contribution is -2.12. The second kappa shape index (κ2) is 7.40. The first-order valence-electron chi connectivity index (χ1n) is 5.59. The van der Waals surface area contributed by atoms with Gasteiger partial charge in [0.05, 0.1) is 6.54 Å². The number of carbonyl (C=O) groups is 1. The molecule has 1 heterocycles. The zero-order valence-electron chi connectivity index (χ0n) is 9.69. The summed E-state index contributed by atoms with van der Waals surface area (Å²) in [6.07, 6.45) is 0.524. The van der Waals surface area contributed by atoms with Gasteiger partial charge in [-0.3, -0.25) is 9.79 Å². The minimum absolute atomic E-state index is 0.0623. The molecule has 1 amide bonds. The molecule has 0 aliphatic carbocycles. The van der Waals surface area contributed by atoms with Crippen LogP contribution in [0.4, 0.5) is 5.69 Å². The standard InChI is InChI=1S/C12H13IN2OS2/c13-9-1-3-10(4-2-9)15-11(16)5-7-17-12-14-6-8-18-12/h1-4H,5-8H2,(H,15,16). The zero-order chi connectivity index (χ0) is 12.8. The molecule has 6 heteroatoms. The first-order chi connectivity index (χ1) is 8.74. The second-order valence-electron chi connectivity index (χ2n) is 3.65. The Balaban J connectivity index is 1.70. The number of anilines is 1. The van der Waals surface area contributed by atoms with Crippen molar-refractivity contribution < 1.29 is 4.79 Å². The molecule has 0 atom stereocenters. The lowest BCUT2D eigenvalue weighted by Gasteiger charge is -2.05. The van der Waals surface area contributed by atoms with Crippen LogP contribution in [0.25, 0.3) is 0 Å². The normalized spacial score (nSPS) is 14.4. The number of rotatable bonds is 4. The van der Waals surface area contributed by atoms with E-state index in [-0.39, 0.29) is 5.91 Å². The molecule has 0 bridgehead atoms. The number of hydrogen-bond acceptors (Lipinski definition) is 4. The quantitative estimate of drug-likeness (QED) is 0.799. The minimum Gasteiger partial charge on any atom is -0.326 e. The molecular weight excluding hydrogens is 379 g/mol. The molecule has 1 N–H and O–H groups in total. The van der Waals surface area contributed by atoms with Gasteiger partial charge in [-0.25, -0.2) is 0 Å². The number of nitrogens with zero attached hydrogens (tertiary/aromatic N) is 1. The molecule has 1 aromatic carbocycles. The molecule has 0 spiro atoms. The van der Waals surface area contributed by atoms with Crippen molar-refractivity contribution in [2.24, 2.45) is 4.99 Å². The van der Waals surface area contributed by atoms with Gasteiger partial charge in [-0.1, -0.05) is 23.5 Å². The van der Waals surface area contributed by atoms with Gasteiger partial charge in [-0.2, -0.15) is 0 Å². The predicted molar refractivity (Wildman–Crippen MR) is 89.6 cm³/mol. The Morgan fingerprint density at radius 2 is 2.22 bits per heavy atom. The summed E-state index contributed by atoms with van der Waals surface area (Å²) in [7, 11) is 0. The fourth-order valence-corrected chi connectivity index (χ4v) is 3.77. The van der Waals surface area contributed by atoms with Crippen LogP contribution in [0.5, 0.6) is 0 Å². The van der Waals surface area contributed by atoms with Crippen molar-refractivity contribution in [3.63, 3.8) is 0 Å². The Morgan fingerprint density at radius 3 is 2.89 bits per heavy atom. The zero-order valence-corrected chi connectivity index (χ0v) is 13.5. The number of benzene rings is 1. The van der Waals surface area contributed by atoms with Crippen LogP contribution in [0, 0.1) is 3.57 Å². The molecule has 18 heavy (non-hydrogen) atoms. The maximum Gasteiger partial charge on any atom is 0.225 e. The Bertz CT molecular complexity index is 448. The van der Waals surface area contributed by atoms with E-state index in [2.05, 4.69) is 32.9 Å². The van der Waals surface area contributed by atoms with E-state index >= 15 is 0 Å². The van der Waals surface area contributed by atoms with Gasteiger partial charge in [0, 0.05) is 27.2 Å². The molecular formula is C12H13IN2OS2. The van der Waals surface area contributed by atoms with Crippen LogP contribution in [0.3, 0.4) is 0 Å². The molecule has 96 valence electrons. The minimum atomic E-state index is 0.0623. The highest BCUT2D eigenvalue weighted by Gasteiger charge is 2.09. The molecule has 0 unspecified atom stereocenters. The Kier molecular flexibility index (Phi) is 5.84. The highest BCUT2D eigenvalue weighted by atomic mass is 127. The number of nitrogens with one attached hydrogen (secondary N) is 1. The highest BCUT2D eigenvalue weighted by Crippen LogP contribution is 2.22. The van der Waals surface area contributed by atoms with Gasteiger partial charge >= 0.3 is 0 Å².